The van der Waals surface area contributed by atoms with E-state index < -0.39 is 0 Å². The average molecular weight is 383 g/mol. The molecule has 28 heavy (non-hydrogen) atoms. The Bertz CT molecular complexity index is 776. The van der Waals surface area contributed by atoms with E-state index >= 15 is 0 Å². The maximum absolute atomic E-state index is 11.0. The lowest BCUT2D eigenvalue weighted by Gasteiger charge is -2.23. The molecule has 2 heteroatoms. The summed E-state index contributed by atoms with van der Waals surface area (Å²) < 4.78 is 0. The molecular formula is C26H38O2. The van der Waals surface area contributed by atoms with E-state index in [4.69, 9.17) is 0 Å². The maximum atomic E-state index is 11.0. The van der Waals surface area contributed by atoms with Crippen LogP contribution in [0.5, 0.6) is 11.5 Å². The zero-order chi connectivity index (χ0) is 20.7. The second-order valence-electron chi connectivity index (χ2n) is 8.16. The van der Waals surface area contributed by atoms with Gasteiger partial charge in [0.1, 0.15) is 11.5 Å². The van der Waals surface area contributed by atoms with Crippen LogP contribution < -0.4 is 0 Å². The second-order valence-corrected chi connectivity index (χ2v) is 8.16. The largest absolute Gasteiger partial charge is 0.508 e. The molecule has 2 rings (SSSR count). The number of hydrogen-bond acceptors (Lipinski definition) is 2. The van der Waals surface area contributed by atoms with E-state index in [1.54, 1.807) is 0 Å². The number of hydrogen-bond donors (Lipinski definition) is 2. The number of phenolic OH excluding ortho intramolecular Hbond substituents is 2. The van der Waals surface area contributed by atoms with Gasteiger partial charge in [0.05, 0.1) is 0 Å². The van der Waals surface area contributed by atoms with Gasteiger partial charge in [-0.05, 0) is 79.8 Å². The first-order valence-electron chi connectivity index (χ1n) is 11.1. The maximum Gasteiger partial charge on any atom is 0.122 e. The van der Waals surface area contributed by atoms with Gasteiger partial charge in [-0.25, -0.2) is 0 Å². The van der Waals surface area contributed by atoms with E-state index in [2.05, 4.69) is 39.0 Å². The fourth-order valence-corrected chi connectivity index (χ4v) is 4.08. The SMILES string of the molecule is CCCCc1cc(C(CCC)c2ccc(CCCC)c(C)c2O)cc(O)c1C. The molecule has 0 aliphatic rings. The van der Waals surface area contributed by atoms with Crippen LogP contribution in [0, 0.1) is 13.8 Å². The van der Waals surface area contributed by atoms with Gasteiger partial charge in [-0.1, -0.05) is 58.2 Å². The Morgan fingerprint density at radius 1 is 0.786 bits per heavy atom. The van der Waals surface area contributed by atoms with Crippen molar-refractivity contribution in [2.45, 2.75) is 91.9 Å². The summed E-state index contributed by atoms with van der Waals surface area (Å²) in [6.07, 6.45) is 8.55. The van der Waals surface area contributed by atoms with E-state index in [1.807, 2.05) is 19.9 Å². The van der Waals surface area contributed by atoms with Crippen LogP contribution in [0.25, 0.3) is 0 Å². The molecule has 1 atom stereocenters. The van der Waals surface area contributed by atoms with Crippen molar-refractivity contribution >= 4 is 0 Å². The molecular weight excluding hydrogens is 344 g/mol. The lowest BCUT2D eigenvalue weighted by Crippen LogP contribution is -2.05. The molecule has 0 aliphatic heterocycles. The Kier molecular flexibility index (Phi) is 8.41. The third-order valence-corrected chi connectivity index (χ3v) is 6.04. The summed E-state index contributed by atoms with van der Waals surface area (Å²) in [5.41, 5.74) is 6.58. The predicted molar refractivity (Wildman–Crippen MR) is 120 cm³/mol. The number of unbranched alkanes of at least 4 members (excludes halogenated alkanes) is 2. The van der Waals surface area contributed by atoms with Crippen molar-refractivity contribution in [2.75, 3.05) is 0 Å². The molecule has 2 aromatic carbocycles. The van der Waals surface area contributed by atoms with E-state index in [0.29, 0.717) is 11.5 Å². The predicted octanol–water partition coefficient (Wildman–Crippen LogP) is 7.33. The monoisotopic (exact) mass is 382 g/mol. The molecule has 154 valence electrons. The second kappa shape index (κ2) is 10.5. The molecule has 2 aromatic rings. The highest BCUT2D eigenvalue weighted by Crippen LogP contribution is 2.40. The summed E-state index contributed by atoms with van der Waals surface area (Å²) in [7, 11) is 0. The first-order valence-corrected chi connectivity index (χ1v) is 11.1. The zero-order valence-corrected chi connectivity index (χ0v) is 18.4. The van der Waals surface area contributed by atoms with Crippen LogP contribution in [0.1, 0.15) is 98.6 Å². The van der Waals surface area contributed by atoms with Gasteiger partial charge < -0.3 is 10.2 Å². The molecule has 0 saturated heterocycles. The van der Waals surface area contributed by atoms with Crippen molar-refractivity contribution in [3.63, 3.8) is 0 Å². The van der Waals surface area contributed by atoms with Crippen molar-refractivity contribution in [3.05, 3.63) is 57.6 Å². The first-order chi connectivity index (χ1) is 13.4. The van der Waals surface area contributed by atoms with Gasteiger partial charge in [-0.3, -0.25) is 0 Å². The fourth-order valence-electron chi connectivity index (χ4n) is 4.08. The third kappa shape index (κ3) is 5.10. The van der Waals surface area contributed by atoms with Crippen molar-refractivity contribution in [3.8, 4) is 11.5 Å². The van der Waals surface area contributed by atoms with Crippen LogP contribution in [0.3, 0.4) is 0 Å². The molecule has 0 fully saturated rings. The number of phenols is 2. The van der Waals surface area contributed by atoms with Gasteiger partial charge in [0.2, 0.25) is 0 Å². The smallest absolute Gasteiger partial charge is 0.122 e. The van der Waals surface area contributed by atoms with Gasteiger partial charge in [-0.15, -0.1) is 0 Å². The minimum absolute atomic E-state index is 0.107. The van der Waals surface area contributed by atoms with Gasteiger partial charge in [-0.2, -0.15) is 0 Å². The molecule has 1 unspecified atom stereocenters. The van der Waals surface area contributed by atoms with Crippen molar-refractivity contribution in [1.29, 1.82) is 0 Å². The highest BCUT2D eigenvalue weighted by atomic mass is 16.3. The molecule has 0 amide bonds. The summed E-state index contributed by atoms with van der Waals surface area (Å²) in [5, 5.41) is 21.6. The molecule has 2 nitrogen and oxygen atoms in total. The molecule has 0 heterocycles. The number of rotatable bonds is 10. The summed E-state index contributed by atoms with van der Waals surface area (Å²) in [5.74, 6) is 0.915. The normalized spacial score (nSPS) is 12.3. The quantitative estimate of drug-likeness (QED) is 0.451. The van der Waals surface area contributed by atoms with E-state index in [9.17, 15) is 10.2 Å². The van der Waals surface area contributed by atoms with Gasteiger partial charge in [0.25, 0.3) is 0 Å². The van der Waals surface area contributed by atoms with Crippen LogP contribution in [-0.2, 0) is 12.8 Å². The molecule has 0 saturated carbocycles. The molecule has 0 spiro atoms. The number of aryl methyl sites for hydroxylation is 2. The van der Waals surface area contributed by atoms with Crippen molar-refractivity contribution in [1.82, 2.24) is 0 Å². The minimum Gasteiger partial charge on any atom is -0.508 e. The molecule has 0 bridgehead atoms. The highest BCUT2D eigenvalue weighted by molar-refractivity contribution is 5.52. The third-order valence-electron chi connectivity index (χ3n) is 6.04. The van der Waals surface area contributed by atoms with E-state index in [1.165, 1.54) is 11.1 Å². The Labute approximate surface area is 171 Å². The molecule has 0 radical (unpaired) electrons. The zero-order valence-electron chi connectivity index (χ0n) is 18.4. The standard InChI is InChI=1S/C26H38O2/c1-6-9-12-20-14-15-24(26(28)19(20)5)23(11-8-3)22-16-21(13-10-7-2)18(4)25(27)17-22/h14-17,23,27-28H,6-13H2,1-5H3. The molecule has 0 aliphatic carbocycles. The number of benzene rings is 2. The van der Waals surface area contributed by atoms with Crippen LogP contribution in [0.4, 0.5) is 0 Å². The summed E-state index contributed by atoms with van der Waals surface area (Å²) in [6.45, 7) is 10.6. The summed E-state index contributed by atoms with van der Waals surface area (Å²) in [4.78, 5) is 0. The van der Waals surface area contributed by atoms with Crippen LogP contribution >= 0.6 is 0 Å². The Balaban J connectivity index is 2.48. The lowest BCUT2D eigenvalue weighted by molar-refractivity contribution is 0.455. The topological polar surface area (TPSA) is 40.5 Å². The summed E-state index contributed by atoms with van der Waals surface area (Å²) >= 11 is 0. The number of aromatic hydroxyl groups is 2. The Morgan fingerprint density at radius 3 is 2.04 bits per heavy atom. The molecule has 2 N–H and O–H groups in total. The highest BCUT2D eigenvalue weighted by Gasteiger charge is 2.21. The van der Waals surface area contributed by atoms with E-state index in [0.717, 1.165) is 73.6 Å². The fraction of sp³-hybridized carbons (Fsp3) is 0.538. The minimum atomic E-state index is 0.107. The van der Waals surface area contributed by atoms with Gasteiger partial charge in [0, 0.05) is 11.5 Å². The Morgan fingerprint density at radius 2 is 1.43 bits per heavy atom. The summed E-state index contributed by atoms with van der Waals surface area (Å²) in [6, 6.07) is 8.46. The van der Waals surface area contributed by atoms with Crippen LogP contribution in [0.2, 0.25) is 0 Å². The average Bonchev–Trinajstić information content (AvgIpc) is 2.69. The first kappa shape index (κ1) is 22.3. The Hall–Kier alpha value is -1.96. The lowest BCUT2D eigenvalue weighted by atomic mass is 9.83. The van der Waals surface area contributed by atoms with Gasteiger partial charge >= 0.3 is 0 Å². The van der Waals surface area contributed by atoms with Crippen molar-refractivity contribution in [2.24, 2.45) is 0 Å². The molecule has 0 aromatic heterocycles. The van der Waals surface area contributed by atoms with Gasteiger partial charge in [0.15, 0.2) is 0 Å². The van der Waals surface area contributed by atoms with Crippen LogP contribution in [0.15, 0.2) is 24.3 Å². The van der Waals surface area contributed by atoms with Crippen molar-refractivity contribution < 1.29 is 10.2 Å². The van der Waals surface area contributed by atoms with Crippen LogP contribution in [-0.4, -0.2) is 10.2 Å². The van der Waals surface area contributed by atoms with E-state index in [-0.39, 0.29) is 5.92 Å².